The summed E-state index contributed by atoms with van der Waals surface area (Å²) in [6.07, 6.45) is 3.48. The summed E-state index contributed by atoms with van der Waals surface area (Å²) < 4.78 is 0.843. The zero-order chi connectivity index (χ0) is 13.3. The van der Waals surface area contributed by atoms with E-state index < -0.39 is 0 Å². The summed E-state index contributed by atoms with van der Waals surface area (Å²) in [6, 6.07) is 3.96. The van der Waals surface area contributed by atoms with Gasteiger partial charge in [-0.2, -0.15) is 0 Å². The summed E-state index contributed by atoms with van der Waals surface area (Å²) in [6.45, 7) is 4.08. The zero-order valence-corrected chi connectivity index (χ0v) is 12.4. The molecule has 3 N–H and O–H groups in total. The van der Waals surface area contributed by atoms with Gasteiger partial charge >= 0.3 is 0 Å². The van der Waals surface area contributed by atoms with Gasteiger partial charge in [0, 0.05) is 21.8 Å². The molecule has 1 aliphatic rings. The summed E-state index contributed by atoms with van der Waals surface area (Å²) in [5.41, 5.74) is 8.05. The Kier molecular flexibility index (Phi) is 3.95. The number of halogens is 1. The van der Waals surface area contributed by atoms with Crippen LogP contribution in [0.5, 0.6) is 0 Å². The molecule has 98 valence electrons. The molecule has 1 aromatic rings. The first-order valence-corrected chi connectivity index (χ1v) is 7.15. The Morgan fingerprint density at radius 2 is 2.17 bits per heavy atom. The number of amides is 1. The number of hydrogen-bond donors (Lipinski definition) is 2. The van der Waals surface area contributed by atoms with Gasteiger partial charge in [0.25, 0.3) is 5.91 Å². The van der Waals surface area contributed by atoms with Gasteiger partial charge in [-0.1, -0.05) is 29.3 Å². The Morgan fingerprint density at radius 3 is 2.78 bits per heavy atom. The van der Waals surface area contributed by atoms with Gasteiger partial charge in [-0.3, -0.25) is 4.79 Å². The lowest BCUT2D eigenvalue weighted by Crippen LogP contribution is -2.36. The molecule has 0 heterocycles. The van der Waals surface area contributed by atoms with Crippen LogP contribution in [-0.2, 0) is 0 Å². The number of nitrogens with two attached hydrogens (primary N) is 1. The molecule has 18 heavy (non-hydrogen) atoms. The number of carbonyl (C=O) groups excluding carboxylic acids is 1. The van der Waals surface area contributed by atoms with E-state index in [2.05, 4.69) is 28.2 Å². The smallest absolute Gasteiger partial charge is 0.251 e. The van der Waals surface area contributed by atoms with Crippen molar-refractivity contribution in [2.75, 3.05) is 5.73 Å². The number of benzene rings is 1. The van der Waals surface area contributed by atoms with Crippen LogP contribution in [0.2, 0.25) is 0 Å². The van der Waals surface area contributed by atoms with E-state index in [9.17, 15) is 4.79 Å². The van der Waals surface area contributed by atoms with Crippen molar-refractivity contribution in [3.05, 3.63) is 27.7 Å². The van der Waals surface area contributed by atoms with Crippen LogP contribution in [0, 0.1) is 12.8 Å². The minimum atomic E-state index is -0.0146. The minimum absolute atomic E-state index is 0.0146. The van der Waals surface area contributed by atoms with Crippen molar-refractivity contribution in [1.29, 1.82) is 0 Å². The van der Waals surface area contributed by atoms with Gasteiger partial charge in [0.1, 0.15) is 0 Å². The van der Waals surface area contributed by atoms with Crippen molar-refractivity contribution in [2.45, 2.75) is 39.2 Å². The molecule has 0 saturated heterocycles. The van der Waals surface area contributed by atoms with Gasteiger partial charge in [-0.25, -0.2) is 0 Å². The highest BCUT2D eigenvalue weighted by atomic mass is 79.9. The highest BCUT2D eigenvalue weighted by Gasteiger charge is 2.25. The third-order valence-corrected chi connectivity index (χ3v) is 4.29. The first kappa shape index (κ1) is 13.4. The molecule has 2 rings (SSSR count). The molecular formula is C14H19BrN2O. The molecule has 1 amide bonds. The van der Waals surface area contributed by atoms with E-state index in [0.717, 1.165) is 16.5 Å². The molecule has 3 nitrogen and oxygen atoms in total. The van der Waals surface area contributed by atoms with Gasteiger partial charge in [0.05, 0.1) is 0 Å². The van der Waals surface area contributed by atoms with Crippen molar-refractivity contribution in [3.63, 3.8) is 0 Å². The normalized spacial score (nSPS) is 23.1. The fourth-order valence-corrected chi connectivity index (χ4v) is 3.02. The second-order valence-electron chi connectivity index (χ2n) is 5.16. The predicted octanol–water partition coefficient (Wildman–Crippen LogP) is 3.26. The summed E-state index contributed by atoms with van der Waals surface area (Å²) in [5.74, 6) is 0.554. The molecule has 0 radical (unpaired) electrons. The van der Waals surface area contributed by atoms with Crippen LogP contribution in [0.25, 0.3) is 0 Å². The Hall–Kier alpha value is -1.03. The highest BCUT2D eigenvalue weighted by Crippen LogP contribution is 2.27. The van der Waals surface area contributed by atoms with E-state index in [4.69, 9.17) is 5.73 Å². The van der Waals surface area contributed by atoms with Gasteiger partial charge in [0.2, 0.25) is 0 Å². The lowest BCUT2D eigenvalue weighted by Gasteiger charge is -2.18. The molecule has 2 atom stereocenters. The highest BCUT2D eigenvalue weighted by molar-refractivity contribution is 9.10. The Morgan fingerprint density at radius 1 is 1.44 bits per heavy atom. The van der Waals surface area contributed by atoms with E-state index in [-0.39, 0.29) is 5.91 Å². The maximum atomic E-state index is 12.3. The molecule has 1 fully saturated rings. The van der Waals surface area contributed by atoms with Crippen LogP contribution in [0.3, 0.4) is 0 Å². The summed E-state index contributed by atoms with van der Waals surface area (Å²) in [4.78, 5) is 12.3. The van der Waals surface area contributed by atoms with Crippen LogP contribution in [0.15, 0.2) is 16.6 Å². The third kappa shape index (κ3) is 2.69. The monoisotopic (exact) mass is 310 g/mol. The number of nitrogens with one attached hydrogen (secondary N) is 1. The van der Waals surface area contributed by atoms with E-state index >= 15 is 0 Å². The van der Waals surface area contributed by atoms with Crippen LogP contribution in [0.4, 0.5) is 5.69 Å². The number of hydrogen-bond acceptors (Lipinski definition) is 2. The second-order valence-corrected chi connectivity index (χ2v) is 6.07. The Labute approximate surface area is 116 Å². The van der Waals surface area contributed by atoms with Crippen molar-refractivity contribution >= 4 is 27.5 Å². The van der Waals surface area contributed by atoms with Crippen molar-refractivity contribution in [2.24, 2.45) is 5.92 Å². The van der Waals surface area contributed by atoms with Crippen molar-refractivity contribution in [1.82, 2.24) is 5.32 Å². The largest absolute Gasteiger partial charge is 0.398 e. The van der Waals surface area contributed by atoms with Crippen molar-refractivity contribution in [3.8, 4) is 0 Å². The molecule has 0 spiro atoms. The molecule has 1 aromatic carbocycles. The first-order valence-electron chi connectivity index (χ1n) is 6.35. The first-order chi connectivity index (χ1) is 8.49. The molecule has 0 aromatic heterocycles. The molecule has 1 saturated carbocycles. The summed E-state index contributed by atoms with van der Waals surface area (Å²) in [7, 11) is 0. The average molecular weight is 311 g/mol. The molecule has 0 bridgehead atoms. The van der Waals surface area contributed by atoms with Crippen molar-refractivity contribution < 1.29 is 4.79 Å². The topological polar surface area (TPSA) is 55.1 Å². The lowest BCUT2D eigenvalue weighted by molar-refractivity contribution is 0.0929. The fourth-order valence-electron chi connectivity index (χ4n) is 2.54. The SMILES string of the molecule is Cc1c(N)cc(Br)cc1C(=O)NC1CCCC1C. The maximum Gasteiger partial charge on any atom is 0.251 e. The zero-order valence-electron chi connectivity index (χ0n) is 10.8. The van der Waals surface area contributed by atoms with Crippen LogP contribution >= 0.6 is 15.9 Å². The van der Waals surface area contributed by atoms with E-state index in [1.807, 2.05) is 19.1 Å². The lowest BCUT2D eigenvalue weighted by atomic mass is 10.0. The van der Waals surface area contributed by atoms with Crippen LogP contribution in [0.1, 0.15) is 42.1 Å². The number of anilines is 1. The van der Waals surface area contributed by atoms with Gasteiger partial charge in [-0.15, -0.1) is 0 Å². The van der Waals surface area contributed by atoms with Crippen LogP contribution < -0.4 is 11.1 Å². The van der Waals surface area contributed by atoms with Gasteiger partial charge < -0.3 is 11.1 Å². The quantitative estimate of drug-likeness (QED) is 0.824. The predicted molar refractivity (Wildman–Crippen MR) is 77.6 cm³/mol. The molecule has 1 aliphatic carbocycles. The minimum Gasteiger partial charge on any atom is -0.398 e. The van der Waals surface area contributed by atoms with Gasteiger partial charge in [0.15, 0.2) is 0 Å². The number of nitrogen functional groups attached to an aromatic ring is 1. The third-order valence-electron chi connectivity index (χ3n) is 3.84. The van der Waals surface area contributed by atoms with E-state index in [1.165, 1.54) is 12.8 Å². The summed E-state index contributed by atoms with van der Waals surface area (Å²) in [5, 5.41) is 3.12. The number of rotatable bonds is 2. The van der Waals surface area contributed by atoms with Crippen LogP contribution in [-0.4, -0.2) is 11.9 Å². The summed E-state index contributed by atoms with van der Waals surface area (Å²) >= 11 is 3.38. The maximum absolute atomic E-state index is 12.3. The van der Waals surface area contributed by atoms with E-state index in [0.29, 0.717) is 23.2 Å². The Bertz CT molecular complexity index is 473. The van der Waals surface area contributed by atoms with E-state index in [1.54, 1.807) is 0 Å². The number of carbonyl (C=O) groups is 1. The molecule has 2 unspecified atom stereocenters. The average Bonchev–Trinajstić information content (AvgIpc) is 2.69. The molecular weight excluding hydrogens is 292 g/mol. The molecule has 4 heteroatoms. The second kappa shape index (κ2) is 5.31. The fraction of sp³-hybridized carbons (Fsp3) is 0.500. The Balaban J connectivity index is 2.18. The molecule has 0 aliphatic heterocycles. The van der Waals surface area contributed by atoms with Gasteiger partial charge in [-0.05, 0) is 43.4 Å². The standard InChI is InChI=1S/C14H19BrN2O/c1-8-4-3-5-13(8)17-14(18)11-6-10(15)7-12(16)9(11)2/h6-8,13H,3-5,16H2,1-2H3,(H,17,18).